The second-order valence-electron chi connectivity index (χ2n) is 7.23. The molecule has 4 aromatic rings. The van der Waals surface area contributed by atoms with E-state index in [0.717, 1.165) is 17.1 Å². The fourth-order valence-corrected chi connectivity index (χ4v) is 3.83. The van der Waals surface area contributed by atoms with Gasteiger partial charge in [0.15, 0.2) is 17.2 Å². The topological polar surface area (TPSA) is 104 Å². The maximum atomic E-state index is 12.5. The number of benzene rings is 1. The van der Waals surface area contributed by atoms with E-state index in [4.69, 9.17) is 4.42 Å². The number of hydrogen-bond donors (Lipinski definition) is 1. The zero-order valence-corrected chi connectivity index (χ0v) is 16.5. The summed E-state index contributed by atoms with van der Waals surface area (Å²) in [7, 11) is 0. The van der Waals surface area contributed by atoms with Crippen LogP contribution < -0.4 is 4.90 Å². The number of nitrogens with zero attached hydrogens (tertiary/aromatic N) is 5. The van der Waals surface area contributed by atoms with Crippen LogP contribution in [0.2, 0.25) is 0 Å². The molecule has 1 amide bonds. The highest BCUT2D eigenvalue weighted by Crippen LogP contribution is 2.26. The second-order valence-corrected chi connectivity index (χ2v) is 7.23. The van der Waals surface area contributed by atoms with Crippen LogP contribution in [-0.2, 0) is 0 Å². The van der Waals surface area contributed by atoms with Crippen LogP contribution in [0.1, 0.15) is 20.9 Å². The quantitative estimate of drug-likeness (QED) is 0.544. The summed E-state index contributed by atoms with van der Waals surface area (Å²) in [5, 5.41) is 9.29. The number of carbonyl (C=O) groups excluding carboxylic acids is 1. The molecule has 0 aliphatic carbocycles. The largest absolute Gasteiger partial charge is 0.478 e. The van der Waals surface area contributed by atoms with E-state index in [0.29, 0.717) is 37.6 Å². The molecule has 5 rings (SSSR count). The van der Waals surface area contributed by atoms with Crippen molar-refractivity contribution in [3.8, 4) is 11.3 Å². The predicted molar refractivity (Wildman–Crippen MR) is 112 cm³/mol. The van der Waals surface area contributed by atoms with Gasteiger partial charge in [0.2, 0.25) is 0 Å². The van der Waals surface area contributed by atoms with E-state index in [2.05, 4.69) is 14.9 Å². The Hall–Kier alpha value is -4.14. The number of fused-ring (bicyclic) bond motifs is 1. The normalized spacial score (nSPS) is 14.2. The average Bonchev–Trinajstić information content (AvgIpc) is 3.51. The molecule has 156 valence electrons. The molecule has 0 spiro atoms. The number of carbonyl (C=O) groups is 2. The van der Waals surface area contributed by atoms with E-state index in [9.17, 15) is 14.7 Å². The molecule has 1 aromatic carbocycles. The average molecular weight is 417 g/mol. The summed E-state index contributed by atoms with van der Waals surface area (Å²) in [4.78, 5) is 36.8. The van der Waals surface area contributed by atoms with E-state index in [-0.39, 0.29) is 11.5 Å². The summed E-state index contributed by atoms with van der Waals surface area (Å²) in [6.07, 6.45) is 6.75. The van der Waals surface area contributed by atoms with Gasteiger partial charge in [0.1, 0.15) is 0 Å². The van der Waals surface area contributed by atoms with Crippen molar-refractivity contribution in [3.05, 3.63) is 72.6 Å². The van der Waals surface area contributed by atoms with Crippen molar-refractivity contribution in [3.63, 3.8) is 0 Å². The first-order valence-corrected chi connectivity index (χ1v) is 9.85. The maximum Gasteiger partial charge on any atom is 0.335 e. The molecule has 0 bridgehead atoms. The van der Waals surface area contributed by atoms with Crippen LogP contribution in [0.3, 0.4) is 0 Å². The first-order chi connectivity index (χ1) is 15.1. The number of aromatic carboxylic acids is 1. The van der Waals surface area contributed by atoms with Gasteiger partial charge in [-0.25, -0.2) is 14.8 Å². The lowest BCUT2D eigenvalue weighted by molar-refractivity contribution is 0.0693. The molecule has 31 heavy (non-hydrogen) atoms. The smallest absolute Gasteiger partial charge is 0.335 e. The molecule has 9 heteroatoms. The lowest BCUT2D eigenvalue weighted by atomic mass is 10.1. The zero-order valence-electron chi connectivity index (χ0n) is 16.5. The number of piperazine rings is 1. The van der Waals surface area contributed by atoms with E-state index in [1.165, 1.54) is 6.26 Å². The van der Waals surface area contributed by atoms with Crippen molar-refractivity contribution in [1.29, 1.82) is 0 Å². The summed E-state index contributed by atoms with van der Waals surface area (Å²) >= 11 is 0. The number of imidazole rings is 1. The monoisotopic (exact) mass is 417 g/mol. The number of rotatable bonds is 4. The lowest BCUT2D eigenvalue weighted by Crippen LogP contribution is -2.49. The summed E-state index contributed by atoms with van der Waals surface area (Å²) in [5.74, 6) is -0.0177. The van der Waals surface area contributed by atoms with E-state index >= 15 is 0 Å². The van der Waals surface area contributed by atoms with Gasteiger partial charge < -0.3 is 19.3 Å². The van der Waals surface area contributed by atoms with Crippen molar-refractivity contribution >= 4 is 23.3 Å². The highest BCUT2D eigenvalue weighted by Gasteiger charge is 2.26. The fourth-order valence-electron chi connectivity index (χ4n) is 3.83. The summed E-state index contributed by atoms with van der Waals surface area (Å²) in [6.45, 7) is 2.35. The van der Waals surface area contributed by atoms with Crippen molar-refractivity contribution < 1.29 is 19.1 Å². The van der Waals surface area contributed by atoms with Gasteiger partial charge in [-0.1, -0.05) is 12.1 Å². The number of furan rings is 1. The van der Waals surface area contributed by atoms with Crippen LogP contribution in [0.5, 0.6) is 0 Å². The van der Waals surface area contributed by atoms with Crippen LogP contribution in [0.4, 0.5) is 5.82 Å². The van der Waals surface area contributed by atoms with Gasteiger partial charge in [-0.3, -0.25) is 9.20 Å². The summed E-state index contributed by atoms with van der Waals surface area (Å²) < 4.78 is 7.12. The lowest BCUT2D eigenvalue weighted by Gasteiger charge is -2.35. The standard InChI is InChI=1S/C22H19N5O4/c28-21(18-5-2-12-31-18)26-10-8-25(9-11-26)19-20-23-6-7-27(20)17(14-24-19)15-3-1-4-16(13-15)22(29)30/h1-7,12-14H,8-11H2,(H,29,30). The molecule has 0 radical (unpaired) electrons. The molecule has 0 saturated carbocycles. The Morgan fingerprint density at radius 3 is 2.61 bits per heavy atom. The van der Waals surface area contributed by atoms with Gasteiger partial charge in [0, 0.05) is 44.1 Å². The third kappa shape index (κ3) is 3.39. The van der Waals surface area contributed by atoms with Gasteiger partial charge in [-0.2, -0.15) is 0 Å². The first kappa shape index (κ1) is 18.9. The van der Waals surface area contributed by atoms with Gasteiger partial charge in [0.05, 0.1) is 23.7 Å². The molecule has 9 nitrogen and oxygen atoms in total. The molecule has 1 aliphatic rings. The number of carboxylic acids is 1. The van der Waals surface area contributed by atoms with Gasteiger partial charge in [0.25, 0.3) is 5.91 Å². The molecular formula is C22H19N5O4. The molecule has 1 fully saturated rings. The summed E-state index contributed by atoms with van der Waals surface area (Å²) in [5.41, 5.74) is 2.40. The number of amides is 1. The molecule has 1 aliphatic heterocycles. The minimum Gasteiger partial charge on any atom is -0.478 e. The Balaban J connectivity index is 1.41. The minimum atomic E-state index is -0.977. The Morgan fingerprint density at radius 1 is 1.03 bits per heavy atom. The van der Waals surface area contributed by atoms with E-state index < -0.39 is 5.97 Å². The van der Waals surface area contributed by atoms with Crippen LogP contribution in [0, 0.1) is 0 Å². The molecule has 1 saturated heterocycles. The number of hydrogen-bond acceptors (Lipinski definition) is 6. The Labute approximate surface area is 177 Å². The van der Waals surface area contributed by atoms with Gasteiger partial charge >= 0.3 is 5.97 Å². The minimum absolute atomic E-state index is 0.114. The van der Waals surface area contributed by atoms with E-state index in [1.54, 1.807) is 47.6 Å². The number of aromatic nitrogens is 3. The molecule has 0 unspecified atom stereocenters. The maximum absolute atomic E-state index is 12.5. The molecular weight excluding hydrogens is 398 g/mol. The van der Waals surface area contributed by atoms with Crippen molar-refractivity contribution in [2.75, 3.05) is 31.1 Å². The van der Waals surface area contributed by atoms with Gasteiger partial charge in [-0.15, -0.1) is 0 Å². The predicted octanol–water partition coefficient (Wildman–Crippen LogP) is 2.65. The van der Waals surface area contributed by atoms with Crippen LogP contribution in [0.15, 0.2) is 65.7 Å². The van der Waals surface area contributed by atoms with Crippen molar-refractivity contribution in [2.45, 2.75) is 0 Å². The van der Waals surface area contributed by atoms with E-state index in [1.807, 2.05) is 16.7 Å². The van der Waals surface area contributed by atoms with Crippen molar-refractivity contribution in [2.24, 2.45) is 0 Å². The zero-order chi connectivity index (χ0) is 21.4. The van der Waals surface area contributed by atoms with Crippen LogP contribution in [-0.4, -0.2) is 62.4 Å². The van der Waals surface area contributed by atoms with Gasteiger partial charge in [-0.05, 0) is 24.3 Å². The van der Waals surface area contributed by atoms with Crippen LogP contribution in [0.25, 0.3) is 16.9 Å². The number of carboxylic acid groups (broad SMARTS) is 1. The van der Waals surface area contributed by atoms with Crippen molar-refractivity contribution in [1.82, 2.24) is 19.3 Å². The highest BCUT2D eigenvalue weighted by molar-refractivity contribution is 5.91. The Bertz CT molecular complexity index is 1260. The molecule has 4 heterocycles. The fraction of sp³-hybridized carbons (Fsp3) is 0.182. The molecule has 3 aromatic heterocycles. The summed E-state index contributed by atoms with van der Waals surface area (Å²) in [6, 6.07) is 10.1. The third-order valence-corrected chi connectivity index (χ3v) is 5.41. The highest BCUT2D eigenvalue weighted by atomic mass is 16.4. The molecule has 0 atom stereocenters. The number of anilines is 1. The third-order valence-electron chi connectivity index (χ3n) is 5.41. The SMILES string of the molecule is O=C(O)c1cccc(-c2cnc(N3CCN(C(=O)c4ccco4)CC3)c3nccn23)c1. The second kappa shape index (κ2) is 7.60. The molecule has 1 N–H and O–H groups in total. The van der Waals surface area contributed by atoms with Crippen LogP contribution >= 0.6 is 0 Å². The first-order valence-electron chi connectivity index (χ1n) is 9.85. The Kier molecular flexibility index (Phi) is 4.62. The Morgan fingerprint density at radius 2 is 1.87 bits per heavy atom.